The van der Waals surface area contributed by atoms with Gasteiger partial charge in [-0.2, -0.15) is 11.8 Å². The van der Waals surface area contributed by atoms with Crippen LogP contribution < -0.4 is 10.6 Å². The Labute approximate surface area is 114 Å². The molecule has 1 atom stereocenters. The molecule has 0 bridgehead atoms. The summed E-state index contributed by atoms with van der Waals surface area (Å²) in [6, 6.07) is 2.28. The van der Waals surface area contributed by atoms with Gasteiger partial charge in [0.15, 0.2) is 5.84 Å². The van der Waals surface area contributed by atoms with Gasteiger partial charge in [-0.1, -0.05) is 5.16 Å². The second-order valence-corrected chi connectivity index (χ2v) is 5.55. The van der Waals surface area contributed by atoms with Crippen molar-refractivity contribution in [3.05, 3.63) is 29.3 Å². The molecule has 1 aliphatic heterocycles. The number of benzene rings is 1. The zero-order valence-corrected chi connectivity index (χ0v) is 11.3. The van der Waals surface area contributed by atoms with Crippen LogP contribution >= 0.6 is 11.8 Å². The second kappa shape index (κ2) is 5.64. The van der Waals surface area contributed by atoms with Gasteiger partial charge in [0.25, 0.3) is 0 Å². The maximum atomic E-state index is 14.0. The number of hydrogen-bond donors (Lipinski definition) is 2. The summed E-state index contributed by atoms with van der Waals surface area (Å²) in [5.41, 5.74) is 5.29. The molecule has 7 heteroatoms. The van der Waals surface area contributed by atoms with E-state index in [1.165, 1.54) is 0 Å². The monoisotopic (exact) mass is 287 g/mol. The molecule has 1 aliphatic rings. The summed E-state index contributed by atoms with van der Waals surface area (Å²) in [5, 5.41) is 11.3. The fourth-order valence-corrected chi connectivity index (χ4v) is 3.39. The second-order valence-electron chi connectivity index (χ2n) is 4.40. The molecule has 1 aromatic carbocycles. The van der Waals surface area contributed by atoms with Gasteiger partial charge in [-0.3, -0.25) is 0 Å². The highest BCUT2D eigenvalue weighted by molar-refractivity contribution is 7.99. The summed E-state index contributed by atoms with van der Waals surface area (Å²) in [5.74, 6) is 0.128. The van der Waals surface area contributed by atoms with Crippen LogP contribution in [0.2, 0.25) is 0 Å². The number of halogens is 2. The van der Waals surface area contributed by atoms with Crippen molar-refractivity contribution < 1.29 is 14.0 Å². The fourth-order valence-electron chi connectivity index (χ4n) is 2.12. The van der Waals surface area contributed by atoms with Gasteiger partial charge in [-0.25, -0.2) is 8.78 Å². The number of thioether (sulfide) groups is 1. The first-order chi connectivity index (χ1) is 9.04. The molecule has 0 aromatic heterocycles. The molecule has 0 aliphatic carbocycles. The number of nitrogens with zero attached hydrogens (tertiary/aromatic N) is 2. The van der Waals surface area contributed by atoms with Crippen LogP contribution in [0.4, 0.5) is 14.5 Å². The number of hydrogen-bond acceptors (Lipinski definition) is 4. The molecule has 3 N–H and O–H groups in total. The Kier molecular flexibility index (Phi) is 4.14. The van der Waals surface area contributed by atoms with Gasteiger partial charge in [0.1, 0.15) is 17.3 Å². The predicted molar refractivity (Wildman–Crippen MR) is 73.0 cm³/mol. The van der Waals surface area contributed by atoms with E-state index >= 15 is 0 Å². The van der Waals surface area contributed by atoms with Crippen molar-refractivity contribution in [2.45, 2.75) is 12.5 Å². The molecule has 1 unspecified atom stereocenters. The summed E-state index contributed by atoms with van der Waals surface area (Å²) < 4.78 is 28.1. The molecule has 104 valence electrons. The first kappa shape index (κ1) is 13.9. The molecule has 1 aromatic rings. The minimum Gasteiger partial charge on any atom is -0.409 e. The van der Waals surface area contributed by atoms with E-state index in [-0.39, 0.29) is 23.1 Å². The molecule has 0 radical (unpaired) electrons. The van der Waals surface area contributed by atoms with Crippen LogP contribution in [-0.2, 0) is 0 Å². The van der Waals surface area contributed by atoms with E-state index in [1.54, 1.807) is 23.7 Å². The molecule has 19 heavy (non-hydrogen) atoms. The summed E-state index contributed by atoms with van der Waals surface area (Å²) in [6.45, 7) is 0. The number of amidine groups is 1. The quantitative estimate of drug-likeness (QED) is 0.386. The molecule has 1 heterocycles. The average molecular weight is 287 g/mol. The van der Waals surface area contributed by atoms with Crippen LogP contribution in [0.3, 0.4) is 0 Å². The Morgan fingerprint density at radius 1 is 1.47 bits per heavy atom. The average Bonchev–Trinajstić information content (AvgIpc) is 2.90. The molecular weight excluding hydrogens is 272 g/mol. The van der Waals surface area contributed by atoms with E-state index in [2.05, 4.69) is 5.16 Å². The van der Waals surface area contributed by atoms with E-state index in [9.17, 15) is 8.78 Å². The lowest BCUT2D eigenvalue weighted by Gasteiger charge is -2.27. The third-order valence-corrected chi connectivity index (χ3v) is 4.37. The van der Waals surface area contributed by atoms with Gasteiger partial charge < -0.3 is 15.8 Å². The smallest absolute Gasteiger partial charge is 0.170 e. The van der Waals surface area contributed by atoms with Crippen molar-refractivity contribution in [1.29, 1.82) is 0 Å². The Bertz CT molecular complexity index is 481. The SMILES string of the molecule is CN(c1c(F)cc(C(N)=NO)cc1F)C1CCSC1. The van der Waals surface area contributed by atoms with Gasteiger partial charge in [-0.05, 0) is 24.3 Å². The van der Waals surface area contributed by atoms with Crippen molar-refractivity contribution in [3.8, 4) is 0 Å². The maximum Gasteiger partial charge on any atom is 0.170 e. The molecule has 1 fully saturated rings. The van der Waals surface area contributed by atoms with Crippen molar-refractivity contribution >= 4 is 23.3 Å². The van der Waals surface area contributed by atoms with Gasteiger partial charge >= 0.3 is 0 Å². The van der Waals surface area contributed by atoms with Crippen LogP contribution in [0.25, 0.3) is 0 Å². The standard InChI is InChI=1S/C12H15F2N3OS/c1-17(8-2-3-19-6-8)11-9(13)4-7(5-10(11)14)12(15)16-18/h4-5,8,18H,2-3,6H2,1H3,(H2,15,16). The van der Waals surface area contributed by atoms with Gasteiger partial charge in [-0.15, -0.1) is 0 Å². The zero-order valence-electron chi connectivity index (χ0n) is 10.4. The normalized spacial score (nSPS) is 19.7. The maximum absolute atomic E-state index is 14.0. The number of nitrogens with two attached hydrogens (primary N) is 1. The summed E-state index contributed by atoms with van der Waals surface area (Å²) in [6.07, 6.45) is 0.905. The van der Waals surface area contributed by atoms with Crippen LogP contribution in [0.5, 0.6) is 0 Å². The lowest BCUT2D eigenvalue weighted by Crippen LogP contribution is -2.33. The molecule has 0 saturated carbocycles. The van der Waals surface area contributed by atoms with Gasteiger partial charge in [0, 0.05) is 24.4 Å². The Hall–Kier alpha value is -1.50. The predicted octanol–water partition coefficient (Wildman–Crippen LogP) is 2.00. The minimum atomic E-state index is -0.707. The third-order valence-electron chi connectivity index (χ3n) is 3.23. The Balaban J connectivity index is 2.36. The van der Waals surface area contributed by atoms with Crippen LogP contribution in [0, 0.1) is 11.6 Å². The molecule has 0 amide bonds. The molecular formula is C12H15F2N3OS. The van der Waals surface area contributed by atoms with E-state index in [4.69, 9.17) is 10.9 Å². The highest BCUT2D eigenvalue weighted by Gasteiger charge is 2.25. The van der Waals surface area contributed by atoms with E-state index < -0.39 is 11.6 Å². The van der Waals surface area contributed by atoms with Crippen molar-refractivity contribution in [2.24, 2.45) is 10.9 Å². The van der Waals surface area contributed by atoms with Gasteiger partial charge in [0.05, 0.1) is 0 Å². The topological polar surface area (TPSA) is 61.8 Å². The minimum absolute atomic E-state index is 0.0236. The Morgan fingerprint density at radius 2 is 2.11 bits per heavy atom. The van der Waals surface area contributed by atoms with Crippen LogP contribution in [0.1, 0.15) is 12.0 Å². The molecule has 0 spiro atoms. The van der Waals surface area contributed by atoms with Crippen LogP contribution in [0.15, 0.2) is 17.3 Å². The first-order valence-corrected chi connectivity index (χ1v) is 6.97. The molecule has 1 saturated heterocycles. The summed E-state index contributed by atoms with van der Waals surface area (Å²) in [4.78, 5) is 1.63. The number of rotatable bonds is 3. The van der Waals surface area contributed by atoms with Crippen LogP contribution in [-0.4, -0.2) is 35.6 Å². The summed E-state index contributed by atoms with van der Waals surface area (Å²) >= 11 is 1.77. The first-order valence-electron chi connectivity index (χ1n) is 5.82. The molecule has 4 nitrogen and oxygen atoms in total. The third kappa shape index (κ3) is 2.75. The zero-order chi connectivity index (χ0) is 14.0. The van der Waals surface area contributed by atoms with Gasteiger partial charge in [0.2, 0.25) is 0 Å². The van der Waals surface area contributed by atoms with E-state index in [1.807, 2.05) is 0 Å². The number of oxime groups is 1. The lowest BCUT2D eigenvalue weighted by molar-refractivity contribution is 0.318. The van der Waals surface area contributed by atoms with E-state index in [0.29, 0.717) is 0 Å². The summed E-state index contributed by atoms with van der Waals surface area (Å²) in [7, 11) is 1.68. The lowest BCUT2D eigenvalue weighted by atomic mass is 10.1. The highest BCUT2D eigenvalue weighted by atomic mass is 32.2. The largest absolute Gasteiger partial charge is 0.409 e. The van der Waals surface area contributed by atoms with Crippen molar-refractivity contribution in [1.82, 2.24) is 0 Å². The highest BCUT2D eigenvalue weighted by Crippen LogP contribution is 2.30. The molecule has 2 rings (SSSR count). The fraction of sp³-hybridized carbons (Fsp3) is 0.417. The Morgan fingerprint density at radius 3 is 2.58 bits per heavy atom. The van der Waals surface area contributed by atoms with Crippen molar-refractivity contribution in [2.75, 3.05) is 23.5 Å². The number of anilines is 1. The van der Waals surface area contributed by atoms with Crippen molar-refractivity contribution in [3.63, 3.8) is 0 Å². The van der Waals surface area contributed by atoms with E-state index in [0.717, 1.165) is 30.1 Å².